The molecule has 0 aromatic rings. The van der Waals surface area contributed by atoms with Gasteiger partial charge in [-0.2, -0.15) is 0 Å². The van der Waals surface area contributed by atoms with Crippen LogP contribution in [0.3, 0.4) is 0 Å². The van der Waals surface area contributed by atoms with Crippen molar-refractivity contribution < 1.29 is 80.2 Å². The van der Waals surface area contributed by atoms with Gasteiger partial charge in [0.1, 0.15) is 19.3 Å². The van der Waals surface area contributed by atoms with Crippen molar-refractivity contribution in [3.05, 3.63) is 24.3 Å². The van der Waals surface area contributed by atoms with E-state index in [1.54, 1.807) is 0 Å². The zero-order valence-electron chi connectivity index (χ0n) is 65.0. The number of phosphoric ester groups is 2. The number of rotatable bonds is 78. The van der Waals surface area contributed by atoms with Crippen LogP contribution in [0.5, 0.6) is 0 Å². The number of aliphatic hydroxyl groups is 1. The van der Waals surface area contributed by atoms with Crippen LogP contribution in [0.15, 0.2) is 24.3 Å². The van der Waals surface area contributed by atoms with E-state index in [-0.39, 0.29) is 25.7 Å². The summed E-state index contributed by atoms with van der Waals surface area (Å²) in [5.74, 6) is -0.536. The van der Waals surface area contributed by atoms with Gasteiger partial charge in [-0.25, -0.2) is 9.13 Å². The molecule has 0 radical (unpaired) electrons. The van der Waals surface area contributed by atoms with Crippen LogP contribution >= 0.6 is 15.6 Å². The molecule has 0 aromatic carbocycles. The monoisotopic (exact) mass is 1460 g/mol. The molecule has 0 bridgehead atoms. The Morgan fingerprint density at radius 3 is 0.900 bits per heavy atom. The Kier molecular flexibility index (Phi) is 70.3. The van der Waals surface area contributed by atoms with E-state index in [9.17, 15) is 43.2 Å². The Balaban J connectivity index is 5.30. The number of hydrogen-bond acceptors (Lipinski definition) is 15. The zero-order chi connectivity index (χ0) is 73.5. The van der Waals surface area contributed by atoms with E-state index in [0.717, 1.165) is 121 Å². The fourth-order valence-corrected chi connectivity index (χ4v) is 13.5. The molecule has 590 valence electrons. The first-order valence-corrected chi connectivity index (χ1v) is 44.3. The predicted octanol–water partition coefficient (Wildman–Crippen LogP) is 23.8. The lowest BCUT2D eigenvalue weighted by molar-refractivity contribution is -0.161. The number of esters is 4. The number of carbonyl (C=O) groups excluding carboxylic acids is 4. The summed E-state index contributed by atoms with van der Waals surface area (Å²) >= 11 is 0. The van der Waals surface area contributed by atoms with Crippen molar-refractivity contribution in [1.82, 2.24) is 0 Å². The molecule has 0 saturated heterocycles. The molecule has 3 unspecified atom stereocenters. The molecule has 0 aliphatic carbocycles. The standard InChI is InChI=1S/C81H154O17P2/c1-7-10-12-14-16-18-20-22-24-29-32-39-45-51-57-63-78(83)91-69-76(97-81(86)66-60-54-48-42-34-30-26-25-27-31-38-44-50-56-62-74(6)9-3)71-95-99(87,88)93-67-75(82)68-94-100(89,90)96-72-77(70-92-79(84)64-58-52-46-40-36-35-37-43-49-55-61-73(4)5)98-80(85)65-59-53-47-41-33-28-23-21-19-17-15-13-11-8-2/h18,20,22,24,73-77,82H,7-17,19,21,23,25-72H2,1-6H3,(H,87,88)(H,89,90)/b20-18-,24-22-/t74?,75-,76-,77-/m1/s1. The van der Waals surface area contributed by atoms with Gasteiger partial charge in [0.15, 0.2) is 12.2 Å². The summed E-state index contributed by atoms with van der Waals surface area (Å²) in [6, 6.07) is 0. The highest BCUT2D eigenvalue weighted by Gasteiger charge is 2.30. The van der Waals surface area contributed by atoms with Crippen molar-refractivity contribution in [2.24, 2.45) is 11.8 Å². The third-order valence-corrected chi connectivity index (χ3v) is 20.6. The number of phosphoric acid groups is 2. The highest BCUT2D eigenvalue weighted by atomic mass is 31.2. The number of allylic oxidation sites excluding steroid dienone is 4. The Morgan fingerprint density at radius 1 is 0.330 bits per heavy atom. The van der Waals surface area contributed by atoms with Gasteiger partial charge in [-0.15, -0.1) is 0 Å². The molecule has 0 rings (SSSR count). The molecule has 0 saturated carbocycles. The van der Waals surface area contributed by atoms with Crippen LogP contribution in [-0.4, -0.2) is 96.7 Å². The first kappa shape index (κ1) is 97.5. The average molecular weight is 1460 g/mol. The van der Waals surface area contributed by atoms with Gasteiger partial charge < -0.3 is 33.8 Å². The fraction of sp³-hybridized carbons (Fsp3) is 0.901. The average Bonchev–Trinajstić information content (AvgIpc) is 0.923. The number of aliphatic hydroxyl groups excluding tert-OH is 1. The summed E-state index contributed by atoms with van der Waals surface area (Å²) in [4.78, 5) is 73.0. The maximum absolute atomic E-state index is 13.1. The topological polar surface area (TPSA) is 237 Å². The smallest absolute Gasteiger partial charge is 0.462 e. The molecule has 0 aromatic heterocycles. The lowest BCUT2D eigenvalue weighted by Gasteiger charge is -2.21. The third-order valence-electron chi connectivity index (χ3n) is 18.7. The number of carbonyl (C=O) groups is 4. The second kappa shape index (κ2) is 72.1. The van der Waals surface area contributed by atoms with E-state index >= 15 is 0 Å². The van der Waals surface area contributed by atoms with Gasteiger partial charge in [0.25, 0.3) is 0 Å². The van der Waals surface area contributed by atoms with Gasteiger partial charge in [-0.05, 0) is 63.2 Å². The van der Waals surface area contributed by atoms with Gasteiger partial charge in [-0.1, -0.05) is 348 Å². The summed E-state index contributed by atoms with van der Waals surface area (Å²) in [5, 5.41) is 10.6. The van der Waals surface area contributed by atoms with E-state index in [2.05, 4.69) is 65.8 Å². The van der Waals surface area contributed by atoms with Crippen LogP contribution in [0.2, 0.25) is 0 Å². The van der Waals surface area contributed by atoms with Crippen molar-refractivity contribution in [2.45, 2.75) is 419 Å². The summed E-state index contributed by atoms with van der Waals surface area (Å²) in [6.07, 6.45) is 64.4. The highest BCUT2D eigenvalue weighted by molar-refractivity contribution is 7.47. The van der Waals surface area contributed by atoms with Crippen LogP contribution in [-0.2, 0) is 65.4 Å². The second-order valence-corrected chi connectivity index (χ2v) is 32.1. The predicted molar refractivity (Wildman–Crippen MR) is 409 cm³/mol. The van der Waals surface area contributed by atoms with Crippen LogP contribution in [0.25, 0.3) is 0 Å². The summed E-state index contributed by atoms with van der Waals surface area (Å²) in [5.41, 5.74) is 0. The maximum atomic E-state index is 13.1. The molecule has 100 heavy (non-hydrogen) atoms. The zero-order valence-corrected chi connectivity index (χ0v) is 66.8. The Hall–Kier alpha value is -2.46. The molecule has 3 N–H and O–H groups in total. The number of unbranched alkanes of at least 4 members (excludes halogenated alkanes) is 44. The van der Waals surface area contributed by atoms with Crippen molar-refractivity contribution in [1.29, 1.82) is 0 Å². The van der Waals surface area contributed by atoms with Gasteiger partial charge in [0.2, 0.25) is 0 Å². The molecule has 0 fully saturated rings. The summed E-state index contributed by atoms with van der Waals surface area (Å²) in [7, 11) is -9.93. The minimum Gasteiger partial charge on any atom is -0.462 e. The fourth-order valence-electron chi connectivity index (χ4n) is 12.0. The van der Waals surface area contributed by atoms with E-state index in [0.29, 0.717) is 25.7 Å². The van der Waals surface area contributed by atoms with Crippen molar-refractivity contribution in [2.75, 3.05) is 39.6 Å². The molecule has 6 atom stereocenters. The van der Waals surface area contributed by atoms with Gasteiger partial charge in [0, 0.05) is 25.7 Å². The van der Waals surface area contributed by atoms with Crippen LogP contribution in [0.1, 0.15) is 401 Å². The first-order valence-electron chi connectivity index (χ1n) is 41.3. The van der Waals surface area contributed by atoms with Crippen molar-refractivity contribution in [3.8, 4) is 0 Å². The molecule has 0 spiro atoms. The van der Waals surface area contributed by atoms with Crippen molar-refractivity contribution in [3.63, 3.8) is 0 Å². The van der Waals surface area contributed by atoms with Gasteiger partial charge >= 0.3 is 39.5 Å². The maximum Gasteiger partial charge on any atom is 0.472 e. The SMILES string of the molecule is CCCCCC/C=C\C=C/CCCCCCCC(=O)OC[C@H](COP(=O)(O)OC[C@@H](O)COP(=O)(O)OC[C@@H](COC(=O)CCCCCCCCCCCCC(C)C)OC(=O)CCCCCCCCCCCCCCCC)OC(=O)CCCCCCCCCCCCCCCCC(C)CC. The lowest BCUT2D eigenvalue weighted by atomic mass is 9.99. The first-order chi connectivity index (χ1) is 48.4. The second-order valence-electron chi connectivity index (χ2n) is 29.2. The molecular formula is C81H154O17P2. The highest BCUT2D eigenvalue weighted by Crippen LogP contribution is 2.45. The van der Waals surface area contributed by atoms with Gasteiger partial charge in [0.05, 0.1) is 26.4 Å². The molecular weight excluding hydrogens is 1310 g/mol. The molecule has 0 heterocycles. The van der Waals surface area contributed by atoms with Gasteiger partial charge in [-0.3, -0.25) is 37.3 Å². The lowest BCUT2D eigenvalue weighted by Crippen LogP contribution is -2.30. The van der Waals surface area contributed by atoms with E-state index in [1.165, 1.54) is 199 Å². The summed E-state index contributed by atoms with van der Waals surface area (Å²) in [6.45, 7) is 9.62. The minimum atomic E-state index is -4.97. The molecule has 17 nitrogen and oxygen atoms in total. The Morgan fingerprint density at radius 2 is 0.590 bits per heavy atom. The number of ether oxygens (including phenoxy) is 4. The van der Waals surface area contributed by atoms with Crippen LogP contribution in [0, 0.1) is 11.8 Å². The van der Waals surface area contributed by atoms with Crippen molar-refractivity contribution >= 4 is 39.5 Å². The Bertz CT molecular complexity index is 2020. The summed E-state index contributed by atoms with van der Waals surface area (Å²) < 4.78 is 68.7. The Labute approximate surface area is 612 Å². The largest absolute Gasteiger partial charge is 0.472 e. The quantitative estimate of drug-likeness (QED) is 0.0169. The van der Waals surface area contributed by atoms with E-state index < -0.39 is 97.5 Å². The normalized spacial score (nSPS) is 14.3. The molecule has 0 aliphatic heterocycles. The third kappa shape index (κ3) is 72.5. The van der Waals surface area contributed by atoms with Crippen LogP contribution < -0.4 is 0 Å². The number of hydrogen-bond donors (Lipinski definition) is 3. The molecule has 0 amide bonds. The minimum absolute atomic E-state index is 0.101. The van der Waals surface area contributed by atoms with Crippen LogP contribution in [0.4, 0.5) is 0 Å². The van der Waals surface area contributed by atoms with E-state index in [1.807, 2.05) is 0 Å². The molecule has 0 aliphatic rings. The molecule has 19 heteroatoms. The van der Waals surface area contributed by atoms with E-state index in [4.69, 9.17) is 37.0 Å².